The van der Waals surface area contributed by atoms with Gasteiger partial charge in [-0.1, -0.05) is 35.3 Å². The smallest absolute Gasteiger partial charge is 0.273 e. The summed E-state index contributed by atoms with van der Waals surface area (Å²) < 4.78 is 0. The number of carbonyl (C=O) groups excluding carboxylic acids is 1. The highest BCUT2D eigenvalue weighted by Gasteiger charge is 2.21. The Morgan fingerprint density at radius 1 is 1.24 bits per heavy atom. The maximum Gasteiger partial charge on any atom is 0.273 e. The number of hydrogen-bond acceptors (Lipinski definition) is 4. The quantitative estimate of drug-likeness (QED) is 0.801. The molecule has 7 heteroatoms. The highest BCUT2D eigenvalue weighted by Crippen LogP contribution is 2.35. The number of thioether (sulfide) groups is 1. The molecule has 0 radical (unpaired) electrons. The molecule has 1 fully saturated rings. The molecule has 0 bridgehead atoms. The van der Waals surface area contributed by atoms with Crippen molar-refractivity contribution in [3.63, 3.8) is 0 Å². The lowest BCUT2D eigenvalue weighted by Crippen LogP contribution is -2.38. The summed E-state index contributed by atoms with van der Waals surface area (Å²) >= 11 is 15.5. The minimum atomic E-state index is -0.00375. The van der Waals surface area contributed by atoms with E-state index in [0.717, 1.165) is 35.2 Å². The molecule has 0 unspecified atom stereocenters. The first-order chi connectivity index (χ1) is 10.2. The molecule has 0 aliphatic carbocycles. The van der Waals surface area contributed by atoms with Crippen LogP contribution in [0.25, 0.3) is 10.6 Å². The predicted octanol–water partition coefficient (Wildman–Crippen LogP) is 4.31. The monoisotopic (exact) mass is 358 g/mol. The number of aromatic nitrogens is 1. The van der Waals surface area contributed by atoms with Gasteiger partial charge in [-0.3, -0.25) is 4.79 Å². The average Bonchev–Trinajstić information content (AvgIpc) is 3.00. The molecule has 1 aromatic heterocycles. The van der Waals surface area contributed by atoms with Gasteiger partial charge in [-0.25, -0.2) is 4.98 Å². The number of rotatable bonds is 2. The van der Waals surface area contributed by atoms with E-state index >= 15 is 0 Å². The summed E-state index contributed by atoms with van der Waals surface area (Å²) in [5.74, 6) is 1.97. The summed E-state index contributed by atoms with van der Waals surface area (Å²) in [6.07, 6.45) is 0. The van der Waals surface area contributed by atoms with E-state index in [9.17, 15) is 4.79 Å². The van der Waals surface area contributed by atoms with Crippen LogP contribution in [0.4, 0.5) is 0 Å². The van der Waals surface area contributed by atoms with Crippen LogP contribution in [0, 0.1) is 0 Å². The molecule has 0 saturated carbocycles. The lowest BCUT2D eigenvalue weighted by atomic mass is 10.2. The van der Waals surface area contributed by atoms with Crippen molar-refractivity contribution in [1.82, 2.24) is 9.88 Å². The van der Waals surface area contributed by atoms with Crippen molar-refractivity contribution >= 4 is 52.2 Å². The first kappa shape index (κ1) is 15.2. The molecule has 3 nitrogen and oxygen atoms in total. The van der Waals surface area contributed by atoms with Gasteiger partial charge in [-0.15, -0.1) is 11.3 Å². The molecule has 0 spiro atoms. The highest BCUT2D eigenvalue weighted by atomic mass is 35.5. The third-order valence-electron chi connectivity index (χ3n) is 3.20. The third kappa shape index (κ3) is 3.21. The van der Waals surface area contributed by atoms with Gasteiger partial charge in [-0.2, -0.15) is 11.8 Å². The van der Waals surface area contributed by atoms with E-state index in [-0.39, 0.29) is 5.91 Å². The normalized spacial score (nSPS) is 15.2. The van der Waals surface area contributed by atoms with Gasteiger partial charge in [0.05, 0.1) is 10.0 Å². The summed E-state index contributed by atoms with van der Waals surface area (Å²) in [5.41, 5.74) is 1.25. The van der Waals surface area contributed by atoms with E-state index in [1.165, 1.54) is 11.3 Å². The van der Waals surface area contributed by atoms with E-state index in [1.807, 2.05) is 28.8 Å². The van der Waals surface area contributed by atoms with E-state index in [4.69, 9.17) is 23.2 Å². The molecular weight excluding hydrogens is 347 g/mol. The maximum absolute atomic E-state index is 12.4. The standard InChI is InChI=1S/C14H12Cl2N2OS2/c15-10-3-1-2-9(12(10)16)13-17-11(8-21-13)14(19)18-4-6-20-7-5-18/h1-3,8H,4-7H2. The van der Waals surface area contributed by atoms with Crippen LogP contribution in [-0.2, 0) is 0 Å². The maximum atomic E-state index is 12.4. The molecule has 2 aromatic rings. The minimum Gasteiger partial charge on any atom is -0.336 e. The number of nitrogens with zero attached hydrogens (tertiary/aromatic N) is 2. The van der Waals surface area contributed by atoms with Gasteiger partial charge < -0.3 is 4.90 Å². The number of benzene rings is 1. The molecule has 0 N–H and O–H groups in total. The highest BCUT2D eigenvalue weighted by molar-refractivity contribution is 7.99. The van der Waals surface area contributed by atoms with Crippen molar-refractivity contribution in [2.45, 2.75) is 0 Å². The summed E-state index contributed by atoms with van der Waals surface area (Å²) in [4.78, 5) is 18.7. The Balaban J connectivity index is 1.86. The van der Waals surface area contributed by atoms with Crippen molar-refractivity contribution in [3.05, 3.63) is 39.3 Å². The SMILES string of the molecule is O=C(c1csc(-c2cccc(Cl)c2Cl)n1)N1CCSCC1. The van der Waals surface area contributed by atoms with Gasteiger partial charge in [0.25, 0.3) is 5.91 Å². The fourth-order valence-corrected chi connectivity index (χ4v) is 4.27. The first-order valence-electron chi connectivity index (χ1n) is 6.44. The summed E-state index contributed by atoms with van der Waals surface area (Å²) in [6.45, 7) is 1.57. The molecule has 1 aliphatic rings. The van der Waals surface area contributed by atoms with E-state index < -0.39 is 0 Å². The second-order valence-electron chi connectivity index (χ2n) is 4.54. The Kier molecular flexibility index (Phi) is 4.74. The van der Waals surface area contributed by atoms with Crippen molar-refractivity contribution in [1.29, 1.82) is 0 Å². The van der Waals surface area contributed by atoms with Crippen LogP contribution >= 0.6 is 46.3 Å². The molecule has 1 aromatic carbocycles. The van der Waals surface area contributed by atoms with Crippen molar-refractivity contribution in [3.8, 4) is 10.6 Å². The fourth-order valence-electron chi connectivity index (χ4n) is 2.09. The van der Waals surface area contributed by atoms with E-state index in [0.29, 0.717) is 15.7 Å². The number of hydrogen-bond donors (Lipinski definition) is 0. The molecular formula is C14H12Cl2N2OS2. The van der Waals surface area contributed by atoms with Gasteiger partial charge in [-0.05, 0) is 6.07 Å². The largest absolute Gasteiger partial charge is 0.336 e. The number of carbonyl (C=O) groups is 1. The van der Waals surface area contributed by atoms with Crippen LogP contribution in [0.1, 0.15) is 10.5 Å². The third-order valence-corrected chi connectivity index (χ3v) is 5.84. The van der Waals surface area contributed by atoms with Gasteiger partial charge >= 0.3 is 0 Å². The van der Waals surface area contributed by atoms with Gasteiger partial charge in [0.2, 0.25) is 0 Å². The van der Waals surface area contributed by atoms with E-state index in [1.54, 1.807) is 11.4 Å². The number of amides is 1. The van der Waals surface area contributed by atoms with Gasteiger partial charge in [0.15, 0.2) is 0 Å². The number of halogens is 2. The Hall–Kier alpha value is -0.750. The Labute approximate surface area is 141 Å². The zero-order valence-corrected chi connectivity index (χ0v) is 14.2. The molecule has 2 heterocycles. The van der Waals surface area contributed by atoms with E-state index in [2.05, 4.69) is 4.98 Å². The molecule has 1 amide bonds. The zero-order chi connectivity index (χ0) is 14.8. The van der Waals surface area contributed by atoms with Crippen LogP contribution < -0.4 is 0 Å². The molecule has 3 rings (SSSR count). The molecule has 1 saturated heterocycles. The second kappa shape index (κ2) is 6.57. The fraction of sp³-hybridized carbons (Fsp3) is 0.286. The Bertz CT molecular complexity index is 669. The van der Waals surface area contributed by atoms with Gasteiger partial charge in [0, 0.05) is 35.5 Å². The predicted molar refractivity (Wildman–Crippen MR) is 90.8 cm³/mol. The summed E-state index contributed by atoms with van der Waals surface area (Å²) in [6, 6.07) is 5.42. The topological polar surface area (TPSA) is 33.2 Å². The molecule has 110 valence electrons. The van der Waals surface area contributed by atoms with Crippen molar-refractivity contribution in [2.75, 3.05) is 24.6 Å². The van der Waals surface area contributed by atoms with Crippen LogP contribution in [0.5, 0.6) is 0 Å². The lowest BCUT2D eigenvalue weighted by Gasteiger charge is -2.25. The van der Waals surface area contributed by atoms with Crippen molar-refractivity contribution in [2.24, 2.45) is 0 Å². The van der Waals surface area contributed by atoms with Crippen LogP contribution in [0.15, 0.2) is 23.6 Å². The second-order valence-corrected chi connectivity index (χ2v) is 7.41. The van der Waals surface area contributed by atoms with Crippen LogP contribution in [0.3, 0.4) is 0 Å². The van der Waals surface area contributed by atoms with Crippen LogP contribution in [-0.4, -0.2) is 40.4 Å². The molecule has 0 atom stereocenters. The Morgan fingerprint density at radius 2 is 2.00 bits per heavy atom. The number of thiazole rings is 1. The molecule has 1 aliphatic heterocycles. The van der Waals surface area contributed by atoms with Crippen molar-refractivity contribution < 1.29 is 4.79 Å². The summed E-state index contributed by atoms with van der Waals surface area (Å²) in [7, 11) is 0. The minimum absolute atomic E-state index is 0.00375. The lowest BCUT2D eigenvalue weighted by molar-refractivity contribution is 0.0767. The zero-order valence-electron chi connectivity index (χ0n) is 11.0. The van der Waals surface area contributed by atoms with Crippen LogP contribution in [0.2, 0.25) is 10.0 Å². The first-order valence-corrected chi connectivity index (χ1v) is 9.23. The van der Waals surface area contributed by atoms with Gasteiger partial charge in [0.1, 0.15) is 10.7 Å². The Morgan fingerprint density at radius 3 is 2.76 bits per heavy atom. The average molecular weight is 359 g/mol. The summed E-state index contributed by atoms with van der Waals surface area (Å²) in [5, 5.41) is 3.47. The molecule has 21 heavy (non-hydrogen) atoms.